The largest absolute Gasteiger partial charge is 0.454 e. The van der Waals surface area contributed by atoms with E-state index in [1.54, 1.807) is 0 Å². The molecule has 0 radical (unpaired) electrons. The number of aromatic nitrogens is 1. The van der Waals surface area contributed by atoms with Crippen molar-refractivity contribution in [3.05, 3.63) is 34.8 Å². The zero-order valence-electron chi connectivity index (χ0n) is 13.8. The molecule has 2 N–H and O–H groups in total. The third-order valence-electron chi connectivity index (χ3n) is 4.47. The van der Waals surface area contributed by atoms with Crippen molar-refractivity contribution >= 4 is 22.4 Å². The first kappa shape index (κ1) is 16.2. The third kappa shape index (κ3) is 3.69. The number of piperazine rings is 1. The number of hydrogen-bond donors (Lipinski definition) is 1. The zero-order chi connectivity index (χ0) is 17.2. The number of thiazole rings is 1. The summed E-state index contributed by atoms with van der Waals surface area (Å²) in [5.74, 6) is 1.74. The fraction of sp³-hybridized carbons (Fsp3) is 0.412. The minimum absolute atomic E-state index is 0.119. The molecular weight excluding hydrogens is 340 g/mol. The number of benzene rings is 1. The van der Waals surface area contributed by atoms with E-state index < -0.39 is 0 Å². The Morgan fingerprint density at radius 1 is 1.20 bits per heavy atom. The van der Waals surface area contributed by atoms with Crippen molar-refractivity contribution in [3.63, 3.8) is 0 Å². The van der Waals surface area contributed by atoms with Gasteiger partial charge >= 0.3 is 0 Å². The summed E-state index contributed by atoms with van der Waals surface area (Å²) in [7, 11) is 0. The number of carbonyl (C=O) groups is 1. The van der Waals surface area contributed by atoms with Gasteiger partial charge < -0.3 is 20.1 Å². The molecule has 2 aromatic rings. The summed E-state index contributed by atoms with van der Waals surface area (Å²) >= 11 is 1.37. The second kappa shape index (κ2) is 6.89. The summed E-state index contributed by atoms with van der Waals surface area (Å²) < 4.78 is 10.8. The van der Waals surface area contributed by atoms with Crippen LogP contribution in [-0.4, -0.2) is 53.7 Å². The highest BCUT2D eigenvalue weighted by atomic mass is 32.1. The molecule has 7 nitrogen and oxygen atoms in total. The maximum Gasteiger partial charge on any atom is 0.231 e. The van der Waals surface area contributed by atoms with Crippen LogP contribution in [0.25, 0.3) is 0 Å². The molecular formula is C17H20N4O3S. The van der Waals surface area contributed by atoms with Crippen LogP contribution in [0.15, 0.2) is 23.6 Å². The monoisotopic (exact) mass is 360 g/mol. The van der Waals surface area contributed by atoms with Gasteiger partial charge in [-0.2, -0.15) is 0 Å². The van der Waals surface area contributed by atoms with Crippen LogP contribution >= 0.6 is 11.3 Å². The minimum Gasteiger partial charge on any atom is -0.454 e. The highest BCUT2D eigenvalue weighted by molar-refractivity contribution is 7.13. The van der Waals surface area contributed by atoms with Crippen LogP contribution in [0.1, 0.15) is 11.3 Å². The molecule has 8 heteroatoms. The van der Waals surface area contributed by atoms with Gasteiger partial charge in [-0.3, -0.25) is 9.69 Å². The molecule has 25 heavy (non-hydrogen) atoms. The molecule has 0 unspecified atom stereocenters. The minimum atomic E-state index is 0.119. The normalized spacial score (nSPS) is 17.0. The molecule has 0 bridgehead atoms. The van der Waals surface area contributed by atoms with E-state index >= 15 is 0 Å². The molecule has 0 atom stereocenters. The first-order valence-corrected chi connectivity index (χ1v) is 9.14. The van der Waals surface area contributed by atoms with Crippen LogP contribution in [0.5, 0.6) is 11.5 Å². The second-order valence-corrected chi connectivity index (χ2v) is 7.09. The van der Waals surface area contributed by atoms with Crippen molar-refractivity contribution in [3.8, 4) is 11.5 Å². The SMILES string of the molecule is Nc1nc(CC(=O)N2CCN(Cc3ccc4c(c3)OCO4)CC2)cs1. The molecule has 1 aromatic carbocycles. The van der Waals surface area contributed by atoms with Crippen molar-refractivity contribution in [2.45, 2.75) is 13.0 Å². The molecule has 2 aliphatic rings. The van der Waals surface area contributed by atoms with E-state index in [-0.39, 0.29) is 5.91 Å². The number of nitrogens with zero attached hydrogens (tertiary/aromatic N) is 3. The number of anilines is 1. The van der Waals surface area contributed by atoms with Crippen LogP contribution in [0, 0.1) is 0 Å². The lowest BCUT2D eigenvalue weighted by Crippen LogP contribution is -2.48. The van der Waals surface area contributed by atoms with Gasteiger partial charge in [-0.15, -0.1) is 11.3 Å². The van der Waals surface area contributed by atoms with Gasteiger partial charge in [-0.25, -0.2) is 4.98 Å². The van der Waals surface area contributed by atoms with Crippen LogP contribution in [0.4, 0.5) is 5.13 Å². The van der Waals surface area contributed by atoms with Gasteiger partial charge in [0.05, 0.1) is 12.1 Å². The maximum absolute atomic E-state index is 12.4. The van der Waals surface area contributed by atoms with Gasteiger partial charge in [0.25, 0.3) is 0 Å². The summed E-state index contributed by atoms with van der Waals surface area (Å²) in [6, 6.07) is 6.06. The third-order valence-corrected chi connectivity index (χ3v) is 5.19. The molecule has 3 heterocycles. The quantitative estimate of drug-likeness (QED) is 0.886. The Kier molecular flexibility index (Phi) is 4.46. The Morgan fingerprint density at radius 3 is 2.76 bits per heavy atom. The average molecular weight is 360 g/mol. The predicted octanol–water partition coefficient (Wildman–Crippen LogP) is 1.34. The summed E-state index contributed by atoms with van der Waals surface area (Å²) in [6.45, 7) is 4.34. The molecule has 0 saturated carbocycles. The molecule has 4 rings (SSSR count). The number of fused-ring (bicyclic) bond motifs is 1. The molecule has 1 fully saturated rings. The fourth-order valence-corrected chi connectivity index (χ4v) is 3.69. The summed E-state index contributed by atoms with van der Waals surface area (Å²) in [6.07, 6.45) is 0.329. The molecule has 1 amide bonds. The Balaban J connectivity index is 1.28. The van der Waals surface area contributed by atoms with Crippen LogP contribution < -0.4 is 15.2 Å². The van der Waals surface area contributed by atoms with Crippen molar-refractivity contribution in [2.24, 2.45) is 0 Å². The number of hydrogen-bond acceptors (Lipinski definition) is 7. The Bertz CT molecular complexity index is 771. The van der Waals surface area contributed by atoms with E-state index in [2.05, 4.69) is 16.0 Å². The van der Waals surface area contributed by atoms with Gasteiger partial charge in [-0.1, -0.05) is 6.07 Å². The molecule has 0 aliphatic carbocycles. The highest BCUT2D eigenvalue weighted by Gasteiger charge is 2.22. The number of nitrogen functional groups attached to an aromatic ring is 1. The molecule has 1 aromatic heterocycles. The van der Waals surface area contributed by atoms with Gasteiger partial charge in [0, 0.05) is 38.1 Å². The first-order chi connectivity index (χ1) is 12.2. The fourth-order valence-electron chi connectivity index (χ4n) is 3.12. The second-order valence-electron chi connectivity index (χ2n) is 6.20. The number of carbonyl (C=O) groups excluding carboxylic acids is 1. The number of rotatable bonds is 4. The first-order valence-electron chi connectivity index (χ1n) is 8.26. The number of nitrogens with two attached hydrogens (primary N) is 1. The zero-order valence-corrected chi connectivity index (χ0v) is 14.6. The van der Waals surface area contributed by atoms with Gasteiger partial charge in [0.2, 0.25) is 12.7 Å². The highest BCUT2D eigenvalue weighted by Crippen LogP contribution is 2.32. The van der Waals surface area contributed by atoms with Crippen molar-refractivity contribution < 1.29 is 14.3 Å². The summed E-state index contributed by atoms with van der Waals surface area (Å²) in [4.78, 5) is 20.8. The lowest BCUT2D eigenvalue weighted by atomic mass is 10.1. The smallest absolute Gasteiger partial charge is 0.231 e. The molecule has 1 saturated heterocycles. The van der Waals surface area contributed by atoms with Gasteiger partial charge in [-0.05, 0) is 17.7 Å². The Morgan fingerprint density at radius 2 is 2.00 bits per heavy atom. The van der Waals surface area contributed by atoms with Crippen LogP contribution in [0.3, 0.4) is 0 Å². The topological polar surface area (TPSA) is 80.9 Å². The summed E-state index contributed by atoms with van der Waals surface area (Å²) in [5.41, 5.74) is 7.57. The van der Waals surface area contributed by atoms with E-state index in [1.807, 2.05) is 22.4 Å². The number of ether oxygens (including phenoxy) is 2. The van der Waals surface area contributed by atoms with E-state index in [0.717, 1.165) is 49.9 Å². The average Bonchev–Trinajstić information content (AvgIpc) is 3.24. The van der Waals surface area contributed by atoms with Crippen molar-refractivity contribution in [2.75, 3.05) is 38.7 Å². The van der Waals surface area contributed by atoms with Crippen molar-refractivity contribution in [1.82, 2.24) is 14.8 Å². The van der Waals surface area contributed by atoms with E-state index in [1.165, 1.54) is 16.9 Å². The Hall–Kier alpha value is -2.32. The Labute approximate surface area is 150 Å². The predicted molar refractivity (Wildman–Crippen MR) is 94.7 cm³/mol. The van der Waals surface area contributed by atoms with Crippen molar-refractivity contribution in [1.29, 1.82) is 0 Å². The summed E-state index contributed by atoms with van der Waals surface area (Å²) in [5, 5.41) is 2.36. The van der Waals surface area contributed by atoms with Crippen LogP contribution in [-0.2, 0) is 17.8 Å². The van der Waals surface area contributed by atoms with Crippen LogP contribution in [0.2, 0.25) is 0 Å². The molecule has 132 valence electrons. The molecule has 2 aliphatic heterocycles. The molecule has 0 spiro atoms. The van der Waals surface area contributed by atoms with Gasteiger partial charge in [0.1, 0.15) is 0 Å². The van der Waals surface area contributed by atoms with E-state index in [0.29, 0.717) is 18.3 Å². The lowest BCUT2D eigenvalue weighted by Gasteiger charge is -2.34. The van der Waals surface area contributed by atoms with E-state index in [9.17, 15) is 4.79 Å². The van der Waals surface area contributed by atoms with Gasteiger partial charge in [0.15, 0.2) is 16.6 Å². The standard InChI is InChI=1S/C17H20N4O3S/c18-17-19-13(10-25-17)8-16(22)21-5-3-20(4-6-21)9-12-1-2-14-15(7-12)24-11-23-14/h1-2,7,10H,3-6,8-9,11H2,(H2,18,19). The maximum atomic E-state index is 12.4. The van der Waals surface area contributed by atoms with E-state index in [4.69, 9.17) is 15.2 Å². The number of amides is 1. The lowest BCUT2D eigenvalue weighted by molar-refractivity contribution is -0.132.